The molecule has 0 spiro atoms. The average Bonchev–Trinajstić information content (AvgIpc) is 3.01. The lowest BCUT2D eigenvalue weighted by Gasteiger charge is -2.24. The fraction of sp³-hybridized carbons (Fsp3) is 0.467. The van der Waals surface area contributed by atoms with Crippen molar-refractivity contribution in [3.8, 4) is 0 Å². The number of fused-ring (bicyclic) bond motifs is 1. The first-order chi connectivity index (χ1) is 9.56. The monoisotopic (exact) mass is 275 g/mol. The third kappa shape index (κ3) is 2.18. The number of aliphatic carboxylic acids is 1. The van der Waals surface area contributed by atoms with Crippen LogP contribution in [-0.2, 0) is 22.4 Å². The number of rotatable bonds is 2. The quantitative estimate of drug-likeness (QED) is 0.821. The number of carboxylic acids is 1. The number of hydrogen-bond acceptors (Lipinski definition) is 3. The molecule has 1 unspecified atom stereocenters. The van der Waals surface area contributed by atoms with Crippen molar-refractivity contribution < 1.29 is 19.8 Å². The zero-order valence-electron chi connectivity index (χ0n) is 11.0. The molecular formula is C15H17NO4. The van der Waals surface area contributed by atoms with Crippen LogP contribution in [0.2, 0.25) is 0 Å². The third-order valence-corrected chi connectivity index (χ3v) is 4.25. The van der Waals surface area contributed by atoms with E-state index in [9.17, 15) is 14.7 Å². The second kappa shape index (κ2) is 4.90. The van der Waals surface area contributed by atoms with Crippen LogP contribution in [-0.4, -0.2) is 45.7 Å². The predicted molar refractivity (Wildman–Crippen MR) is 71.1 cm³/mol. The standard InChI is InChI=1S/C15H17NO4/c17-12-7-13(15(19)20)16(8-12)14(18)11-5-9-3-1-2-4-10(9)6-11/h1-4,11-13,17H,5-8H2,(H,19,20)/t12?,13-/m0/s1. The number of hydrogen-bond donors (Lipinski definition) is 2. The van der Waals surface area contributed by atoms with Crippen molar-refractivity contribution in [2.45, 2.75) is 31.4 Å². The van der Waals surface area contributed by atoms with Crippen molar-refractivity contribution in [2.24, 2.45) is 5.92 Å². The molecule has 3 rings (SSSR count). The number of aliphatic hydroxyl groups excluding tert-OH is 1. The van der Waals surface area contributed by atoms with Gasteiger partial charge in [0.2, 0.25) is 5.91 Å². The van der Waals surface area contributed by atoms with Gasteiger partial charge in [0.05, 0.1) is 6.10 Å². The normalized spacial score (nSPS) is 25.8. The number of benzene rings is 1. The van der Waals surface area contributed by atoms with E-state index in [0.29, 0.717) is 12.8 Å². The van der Waals surface area contributed by atoms with E-state index in [1.54, 1.807) is 0 Å². The van der Waals surface area contributed by atoms with Crippen LogP contribution >= 0.6 is 0 Å². The molecular weight excluding hydrogens is 258 g/mol. The Morgan fingerprint density at radius 3 is 2.30 bits per heavy atom. The highest BCUT2D eigenvalue weighted by Crippen LogP contribution is 2.30. The van der Waals surface area contributed by atoms with Crippen LogP contribution in [0.1, 0.15) is 17.5 Å². The van der Waals surface area contributed by atoms with Crippen molar-refractivity contribution in [3.63, 3.8) is 0 Å². The minimum absolute atomic E-state index is 0.126. The van der Waals surface area contributed by atoms with Gasteiger partial charge in [-0.25, -0.2) is 4.79 Å². The molecule has 0 aromatic heterocycles. The van der Waals surface area contributed by atoms with Crippen molar-refractivity contribution in [1.29, 1.82) is 0 Å². The Morgan fingerprint density at radius 1 is 1.15 bits per heavy atom. The van der Waals surface area contributed by atoms with Gasteiger partial charge < -0.3 is 15.1 Å². The molecule has 5 nitrogen and oxygen atoms in total. The first-order valence-corrected chi connectivity index (χ1v) is 6.84. The molecule has 2 N–H and O–H groups in total. The zero-order valence-corrected chi connectivity index (χ0v) is 11.0. The minimum Gasteiger partial charge on any atom is -0.480 e. The molecule has 0 bridgehead atoms. The summed E-state index contributed by atoms with van der Waals surface area (Å²) in [7, 11) is 0. The molecule has 1 fully saturated rings. The molecule has 2 aliphatic rings. The Morgan fingerprint density at radius 2 is 1.75 bits per heavy atom. The van der Waals surface area contributed by atoms with Gasteiger partial charge in [-0.15, -0.1) is 0 Å². The van der Waals surface area contributed by atoms with E-state index in [0.717, 1.165) is 11.1 Å². The molecule has 20 heavy (non-hydrogen) atoms. The molecule has 0 saturated carbocycles. The Kier molecular flexibility index (Phi) is 3.22. The van der Waals surface area contributed by atoms with Crippen LogP contribution in [0, 0.1) is 5.92 Å². The maximum atomic E-state index is 12.5. The van der Waals surface area contributed by atoms with Gasteiger partial charge in [0, 0.05) is 18.9 Å². The van der Waals surface area contributed by atoms with Crippen LogP contribution in [0.15, 0.2) is 24.3 Å². The summed E-state index contributed by atoms with van der Waals surface area (Å²) in [5, 5.41) is 18.8. The summed E-state index contributed by atoms with van der Waals surface area (Å²) in [5.41, 5.74) is 2.33. The van der Waals surface area contributed by atoms with Gasteiger partial charge in [0.25, 0.3) is 0 Å². The van der Waals surface area contributed by atoms with E-state index >= 15 is 0 Å². The lowest BCUT2D eigenvalue weighted by Crippen LogP contribution is -2.44. The smallest absolute Gasteiger partial charge is 0.326 e. The highest BCUT2D eigenvalue weighted by Gasteiger charge is 2.42. The highest BCUT2D eigenvalue weighted by atomic mass is 16.4. The van der Waals surface area contributed by atoms with Gasteiger partial charge in [0.1, 0.15) is 6.04 Å². The lowest BCUT2D eigenvalue weighted by molar-refractivity contribution is -0.149. The summed E-state index contributed by atoms with van der Waals surface area (Å²) >= 11 is 0. The van der Waals surface area contributed by atoms with Gasteiger partial charge in [-0.2, -0.15) is 0 Å². The second-order valence-electron chi connectivity index (χ2n) is 5.61. The van der Waals surface area contributed by atoms with Gasteiger partial charge >= 0.3 is 5.97 Å². The molecule has 5 heteroatoms. The Hall–Kier alpha value is -1.88. The van der Waals surface area contributed by atoms with E-state index in [4.69, 9.17) is 5.11 Å². The average molecular weight is 275 g/mol. The van der Waals surface area contributed by atoms with E-state index in [1.165, 1.54) is 4.90 Å². The van der Waals surface area contributed by atoms with Crippen LogP contribution in [0.25, 0.3) is 0 Å². The van der Waals surface area contributed by atoms with Crippen LogP contribution in [0.3, 0.4) is 0 Å². The number of carbonyl (C=O) groups is 2. The van der Waals surface area contributed by atoms with Crippen molar-refractivity contribution >= 4 is 11.9 Å². The van der Waals surface area contributed by atoms with Crippen LogP contribution < -0.4 is 0 Å². The van der Waals surface area contributed by atoms with Gasteiger partial charge in [-0.1, -0.05) is 24.3 Å². The number of aliphatic hydroxyl groups is 1. The van der Waals surface area contributed by atoms with Crippen molar-refractivity contribution in [2.75, 3.05) is 6.54 Å². The lowest BCUT2D eigenvalue weighted by atomic mass is 10.0. The molecule has 1 aliphatic carbocycles. The number of nitrogens with zero attached hydrogens (tertiary/aromatic N) is 1. The largest absolute Gasteiger partial charge is 0.480 e. The molecule has 1 aliphatic heterocycles. The zero-order chi connectivity index (χ0) is 14.3. The molecule has 1 aromatic rings. The predicted octanol–water partition coefficient (Wildman–Crippen LogP) is 0.448. The SMILES string of the molecule is O=C(O)[C@@H]1CC(O)CN1C(=O)C1Cc2ccccc2C1. The maximum absolute atomic E-state index is 12.5. The number of β-amino-alcohol motifs (C(OH)–C–C–N with tert-alkyl or cyclic N) is 1. The van der Waals surface area contributed by atoms with E-state index < -0.39 is 18.1 Å². The van der Waals surface area contributed by atoms with E-state index in [1.807, 2.05) is 24.3 Å². The number of likely N-dealkylation sites (tertiary alicyclic amines) is 1. The molecule has 2 atom stereocenters. The Labute approximate surface area is 116 Å². The number of carbonyl (C=O) groups excluding carboxylic acids is 1. The fourth-order valence-corrected chi connectivity index (χ4v) is 3.26. The molecule has 1 heterocycles. The van der Waals surface area contributed by atoms with Crippen molar-refractivity contribution in [1.82, 2.24) is 4.90 Å². The van der Waals surface area contributed by atoms with Gasteiger partial charge in [0.15, 0.2) is 0 Å². The first kappa shape index (κ1) is 13.1. The maximum Gasteiger partial charge on any atom is 0.326 e. The summed E-state index contributed by atoms with van der Waals surface area (Å²) in [6.45, 7) is 0.128. The first-order valence-electron chi connectivity index (χ1n) is 6.84. The van der Waals surface area contributed by atoms with Crippen LogP contribution in [0.4, 0.5) is 0 Å². The Balaban J connectivity index is 1.76. The molecule has 1 saturated heterocycles. The van der Waals surface area contributed by atoms with E-state index in [2.05, 4.69) is 0 Å². The minimum atomic E-state index is -1.04. The molecule has 106 valence electrons. The van der Waals surface area contributed by atoms with Gasteiger partial charge in [-0.05, 0) is 24.0 Å². The molecule has 1 aromatic carbocycles. The third-order valence-electron chi connectivity index (χ3n) is 4.25. The number of carboxylic acid groups (broad SMARTS) is 1. The van der Waals surface area contributed by atoms with Crippen LogP contribution in [0.5, 0.6) is 0 Å². The molecule has 0 radical (unpaired) electrons. The highest BCUT2D eigenvalue weighted by molar-refractivity contribution is 5.86. The van der Waals surface area contributed by atoms with Crippen molar-refractivity contribution in [3.05, 3.63) is 35.4 Å². The van der Waals surface area contributed by atoms with E-state index in [-0.39, 0.29) is 24.8 Å². The summed E-state index contributed by atoms with van der Waals surface area (Å²) in [5.74, 6) is -1.38. The topological polar surface area (TPSA) is 77.8 Å². The van der Waals surface area contributed by atoms with Gasteiger partial charge in [-0.3, -0.25) is 4.79 Å². The second-order valence-corrected chi connectivity index (χ2v) is 5.61. The summed E-state index contributed by atoms with van der Waals surface area (Å²) < 4.78 is 0. The fourth-order valence-electron chi connectivity index (χ4n) is 3.26. The molecule has 1 amide bonds. The summed E-state index contributed by atoms with van der Waals surface area (Å²) in [6.07, 6.45) is 0.714. The summed E-state index contributed by atoms with van der Waals surface area (Å²) in [4.78, 5) is 25.1. The summed E-state index contributed by atoms with van der Waals surface area (Å²) in [6, 6.07) is 7.03. The number of amides is 1. The Bertz CT molecular complexity index is 532.